The molecule has 82 valence electrons. The van der Waals surface area contributed by atoms with Crippen LogP contribution in [0.5, 0.6) is 0 Å². The number of anilines is 1. The van der Waals surface area contributed by atoms with Gasteiger partial charge in [0.05, 0.1) is 28.4 Å². The van der Waals surface area contributed by atoms with Crippen molar-refractivity contribution in [3.63, 3.8) is 0 Å². The van der Waals surface area contributed by atoms with Gasteiger partial charge in [0, 0.05) is 11.6 Å². The third-order valence-electron chi connectivity index (χ3n) is 2.29. The van der Waals surface area contributed by atoms with E-state index in [1.807, 2.05) is 12.1 Å². The van der Waals surface area contributed by atoms with Crippen molar-refractivity contribution < 1.29 is 9.53 Å². The quantitative estimate of drug-likeness (QED) is 0.643. The molecule has 0 unspecified atom stereocenters. The standard InChI is InChI=1S/C11H9BrN2O2/c1-16-11(15)7-5-8-6(3-2-4-14-8)9(12)10(7)13/h2-5H,13H2,1H3. The van der Waals surface area contributed by atoms with Crippen LogP contribution < -0.4 is 5.73 Å². The molecular weight excluding hydrogens is 272 g/mol. The molecule has 0 atom stereocenters. The van der Waals surface area contributed by atoms with E-state index < -0.39 is 5.97 Å². The average molecular weight is 281 g/mol. The van der Waals surface area contributed by atoms with Gasteiger partial charge >= 0.3 is 5.97 Å². The third-order valence-corrected chi connectivity index (χ3v) is 3.14. The summed E-state index contributed by atoms with van der Waals surface area (Å²) in [5, 5.41) is 0.868. The lowest BCUT2D eigenvalue weighted by atomic mass is 10.1. The maximum absolute atomic E-state index is 11.5. The summed E-state index contributed by atoms with van der Waals surface area (Å²) >= 11 is 3.36. The second-order valence-corrected chi connectivity index (χ2v) is 4.01. The van der Waals surface area contributed by atoms with E-state index in [4.69, 9.17) is 5.73 Å². The predicted octanol–water partition coefficient (Wildman–Crippen LogP) is 2.37. The number of rotatable bonds is 1. The van der Waals surface area contributed by atoms with Crippen LogP contribution in [-0.2, 0) is 4.74 Å². The van der Waals surface area contributed by atoms with Crippen LogP contribution in [0.4, 0.5) is 5.69 Å². The number of carbonyl (C=O) groups is 1. The van der Waals surface area contributed by atoms with Crippen molar-refractivity contribution in [3.8, 4) is 0 Å². The zero-order chi connectivity index (χ0) is 11.7. The molecule has 0 amide bonds. The fraction of sp³-hybridized carbons (Fsp3) is 0.0909. The molecule has 1 aromatic heterocycles. The Morgan fingerprint density at radius 1 is 1.56 bits per heavy atom. The number of hydrogen-bond acceptors (Lipinski definition) is 4. The lowest BCUT2D eigenvalue weighted by Gasteiger charge is -2.08. The molecule has 0 fully saturated rings. The van der Waals surface area contributed by atoms with Crippen molar-refractivity contribution in [2.24, 2.45) is 0 Å². The number of benzene rings is 1. The van der Waals surface area contributed by atoms with Gasteiger partial charge in [-0.1, -0.05) is 6.07 Å². The summed E-state index contributed by atoms with van der Waals surface area (Å²) < 4.78 is 5.32. The van der Waals surface area contributed by atoms with Crippen LogP contribution >= 0.6 is 15.9 Å². The maximum atomic E-state index is 11.5. The average Bonchev–Trinajstić information content (AvgIpc) is 2.33. The molecule has 2 rings (SSSR count). The van der Waals surface area contributed by atoms with E-state index in [1.165, 1.54) is 7.11 Å². The number of esters is 1. The molecule has 0 aliphatic rings. The Hall–Kier alpha value is -1.62. The molecule has 0 saturated carbocycles. The molecular formula is C11H9BrN2O2. The van der Waals surface area contributed by atoms with Crippen molar-refractivity contribution in [2.45, 2.75) is 0 Å². The van der Waals surface area contributed by atoms with Crippen LogP contribution in [0.1, 0.15) is 10.4 Å². The molecule has 0 aliphatic heterocycles. The summed E-state index contributed by atoms with van der Waals surface area (Å²) in [6, 6.07) is 5.31. The minimum absolute atomic E-state index is 0.320. The van der Waals surface area contributed by atoms with Gasteiger partial charge in [-0.3, -0.25) is 4.98 Å². The van der Waals surface area contributed by atoms with Crippen molar-refractivity contribution >= 4 is 38.5 Å². The molecule has 0 spiro atoms. The Kier molecular flexibility index (Phi) is 2.78. The molecule has 4 nitrogen and oxygen atoms in total. The van der Waals surface area contributed by atoms with Crippen LogP contribution in [-0.4, -0.2) is 18.1 Å². The number of carbonyl (C=O) groups excluding carboxylic acids is 1. The Balaban J connectivity index is 2.78. The fourth-order valence-electron chi connectivity index (χ4n) is 1.47. The zero-order valence-corrected chi connectivity index (χ0v) is 10.1. The monoisotopic (exact) mass is 280 g/mol. The molecule has 5 heteroatoms. The van der Waals surface area contributed by atoms with Gasteiger partial charge in [0.1, 0.15) is 0 Å². The van der Waals surface area contributed by atoms with Gasteiger partial charge in [0.15, 0.2) is 0 Å². The summed E-state index contributed by atoms with van der Waals surface area (Å²) in [5.41, 5.74) is 7.24. The lowest BCUT2D eigenvalue weighted by Crippen LogP contribution is -2.06. The van der Waals surface area contributed by atoms with Gasteiger partial charge in [-0.05, 0) is 28.1 Å². The Labute approximate surface area is 101 Å². The van der Waals surface area contributed by atoms with E-state index in [9.17, 15) is 4.79 Å². The van der Waals surface area contributed by atoms with Crippen LogP contribution in [0, 0.1) is 0 Å². The Morgan fingerprint density at radius 2 is 2.31 bits per heavy atom. The molecule has 2 aromatic rings. The summed E-state index contributed by atoms with van der Waals surface area (Å²) in [6.45, 7) is 0. The Bertz CT molecular complexity index is 569. The van der Waals surface area contributed by atoms with Crippen molar-refractivity contribution in [1.29, 1.82) is 0 Å². The van der Waals surface area contributed by atoms with Gasteiger partial charge in [0.2, 0.25) is 0 Å². The predicted molar refractivity (Wildman–Crippen MR) is 65.2 cm³/mol. The van der Waals surface area contributed by atoms with Crippen LogP contribution in [0.2, 0.25) is 0 Å². The van der Waals surface area contributed by atoms with Crippen molar-refractivity contribution in [1.82, 2.24) is 4.98 Å². The summed E-state index contributed by atoms with van der Waals surface area (Å²) in [6.07, 6.45) is 1.66. The summed E-state index contributed by atoms with van der Waals surface area (Å²) in [5.74, 6) is -0.467. The first-order valence-corrected chi connectivity index (χ1v) is 5.35. The first-order valence-electron chi connectivity index (χ1n) is 4.56. The van der Waals surface area contributed by atoms with Gasteiger partial charge in [-0.2, -0.15) is 0 Å². The number of ether oxygens (including phenoxy) is 1. The number of halogens is 1. The van der Waals surface area contributed by atoms with E-state index >= 15 is 0 Å². The second-order valence-electron chi connectivity index (χ2n) is 3.21. The highest BCUT2D eigenvalue weighted by Crippen LogP contribution is 2.31. The molecule has 0 radical (unpaired) electrons. The van der Waals surface area contributed by atoms with Gasteiger partial charge in [0.25, 0.3) is 0 Å². The number of methoxy groups -OCH3 is 1. The zero-order valence-electron chi connectivity index (χ0n) is 8.53. The molecule has 16 heavy (non-hydrogen) atoms. The van der Waals surface area contributed by atoms with E-state index in [2.05, 4.69) is 25.7 Å². The molecule has 0 bridgehead atoms. The van der Waals surface area contributed by atoms with Gasteiger partial charge in [-0.15, -0.1) is 0 Å². The third kappa shape index (κ3) is 1.63. The smallest absolute Gasteiger partial charge is 0.340 e. The highest BCUT2D eigenvalue weighted by atomic mass is 79.9. The second kappa shape index (κ2) is 4.09. The lowest BCUT2D eigenvalue weighted by molar-refractivity contribution is 0.0602. The first-order chi connectivity index (χ1) is 7.65. The van der Waals surface area contributed by atoms with Gasteiger partial charge < -0.3 is 10.5 Å². The fourth-order valence-corrected chi connectivity index (χ4v) is 2.02. The SMILES string of the molecule is COC(=O)c1cc2ncccc2c(Br)c1N. The minimum Gasteiger partial charge on any atom is -0.465 e. The number of nitrogens with two attached hydrogens (primary N) is 1. The molecule has 1 heterocycles. The number of nitrogens with zero attached hydrogens (tertiary/aromatic N) is 1. The molecule has 0 aliphatic carbocycles. The number of pyridine rings is 1. The number of nitrogen functional groups attached to an aromatic ring is 1. The summed E-state index contributed by atoms with van der Waals surface area (Å²) in [4.78, 5) is 15.6. The van der Waals surface area contributed by atoms with E-state index in [-0.39, 0.29) is 0 Å². The first kappa shape index (κ1) is 10.9. The normalized spacial score (nSPS) is 10.4. The highest BCUT2D eigenvalue weighted by molar-refractivity contribution is 9.10. The molecule has 2 N–H and O–H groups in total. The minimum atomic E-state index is -0.467. The van der Waals surface area contributed by atoms with Crippen LogP contribution in [0.3, 0.4) is 0 Å². The molecule has 1 aromatic carbocycles. The van der Waals surface area contributed by atoms with Crippen LogP contribution in [0.25, 0.3) is 10.9 Å². The number of fused-ring (bicyclic) bond motifs is 1. The van der Waals surface area contributed by atoms with Gasteiger partial charge in [-0.25, -0.2) is 4.79 Å². The Morgan fingerprint density at radius 3 is 3.00 bits per heavy atom. The largest absolute Gasteiger partial charge is 0.465 e. The highest BCUT2D eigenvalue weighted by Gasteiger charge is 2.15. The number of hydrogen-bond donors (Lipinski definition) is 1. The molecule has 0 saturated heterocycles. The topological polar surface area (TPSA) is 65.2 Å². The van der Waals surface area contributed by atoms with Crippen molar-refractivity contribution in [3.05, 3.63) is 34.4 Å². The van der Waals surface area contributed by atoms with Crippen LogP contribution in [0.15, 0.2) is 28.9 Å². The maximum Gasteiger partial charge on any atom is 0.340 e. The number of aromatic nitrogens is 1. The summed E-state index contributed by atoms with van der Waals surface area (Å²) in [7, 11) is 1.32. The van der Waals surface area contributed by atoms with E-state index in [0.29, 0.717) is 21.2 Å². The van der Waals surface area contributed by atoms with E-state index in [0.717, 1.165) is 5.39 Å². The van der Waals surface area contributed by atoms with E-state index in [1.54, 1.807) is 12.3 Å². The van der Waals surface area contributed by atoms with Crippen molar-refractivity contribution in [2.75, 3.05) is 12.8 Å².